The highest BCUT2D eigenvalue weighted by Crippen LogP contribution is 2.27. The number of carbonyl (C=O) groups excluding carboxylic acids is 1. The number of thioether (sulfide) groups is 1. The molecule has 1 aliphatic rings. The highest BCUT2D eigenvalue weighted by Gasteiger charge is 2.18. The van der Waals surface area contributed by atoms with E-state index in [-0.39, 0.29) is 11.2 Å². The van der Waals surface area contributed by atoms with E-state index < -0.39 is 0 Å². The monoisotopic (exact) mass is 442 g/mol. The van der Waals surface area contributed by atoms with Gasteiger partial charge in [-0.3, -0.25) is 9.36 Å². The van der Waals surface area contributed by atoms with Crippen LogP contribution in [0.25, 0.3) is 5.69 Å². The molecule has 0 bridgehead atoms. The molecule has 6 nitrogen and oxygen atoms in total. The minimum atomic E-state index is -0.316. The Morgan fingerprint density at radius 2 is 1.93 bits per heavy atom. The number of anilines is 2. The molecule has 1 aliphatic heterocycles. The molecular formula is C22H23ClN4O2S. The molecule has 1 fully saturated rings. The highest BCUT2D eigenvalue weighted by atomic mass is 35.5. The fourth-order valence-electron chi connectivity index (χ4n) is 3.23. The van der Waals surface area contributed by atoms with E-state index >= 15 is 0 Å². The third-order valence-corrected chi connectivity index (χ3v) is 6.17. The van der Waals surface area contributed by atoms with E-state index in [4.69, 9.17) is 16.3 Å². The van der Waals surface area contributed by atoms with Gasteiger partial charge in [0.1, 0.15) is 0 Å². The Labute approximate surface area is 185 Å². The van der Waals surface area contributed by atoms with Crippen molar-refractivity contribution in [2.24, 2.45) is 0 Å². The molecule has 0 radical (unpaired) electrons. The Kier molecular flexibility index (Phi) is 6.62. The second kappa shape index (κ2) is 9.55. The SMILES string of the molecule is C[C@H](Sc1nccn1-c1cccc(Cl)c1)C(=O)Nc1ccc(N2CCOCC2)cc1. The van der Waals surface area contributed by atoms with Crippen LogP contribution in [0.15, 0.2) is 66.1 Å². The summed E-state index contributed by atoms with van der Waals surface area (Å²) in [6, 6.07) is 15.5. The number of carbonyl (C=O) groups is 1. The van der Waals surface area contributed by atoms with Crippen LogP contribution in [0.2, 0.25) is 5.02 Å². The Balaban J connectivity index is 1.38. The summed E-state index contributed by atoms with van der Waals surface area (Å²) in [5.74, 6) is -0.0697. The van der Waals surface area contributed by atoms with Crippen molar-refractivity contribution in [1.29, 1.82) is 0 Å². The molecule has 3 aromatic rings. The summed E-state index contributed by atoms with van der Waals surface area (Å²) in [7, 11) is 0. The van der Waals surface area contributed by atoms with Gasteiger partial charge in [0.25, 0.3) is 0 Å². The van der Waals surface area contributed by atoms with Gasteiger partial charge >= 0.3 is 0 Å². The average molecular weight is 443 g/mol. The van der Waals surface area contributed by atoms with E-state index in [9.17, 15) is 4.79 Å². The lowest BCUT2D eigenvalue weighted by Gasteiger charge is -2.28. The zero-order valence-electron chi connectivity index (χ0n) is 16.6. The zero-order valence-corrected chi connectivity index (χ0v) is 18.2. The smallest absolute Gasteiger partial charge is 0.237 e. The number of nitrogens with one attached hydrogen (secondary N) is 1. The first kappa shape index (κ1) is 20.8. The predicted molar refractivity (Wildman–Crippen MR) is 122 cm³/mol. The largest absolute Gasteiger partial charge is 0.378 e. The summed E-state index contributed by atoms with van der Waals surface area (Å²) in [4.78, 5) is 19.4. The van der Waals surface area contributed by atoms with Gasteiger partial charge in [-0.25, -0.2) is 4.98 Å². The van der Waals surface area contributed by atoms with Crippen molar-refractivity contribution >= 4 is 40.6 Å². The summed E-state index contributed by atoms with van der Waals surface area (Å²) in [5, 5.41) is 4.07. The maximum Gasteiger partial charge on any atom is 0.237 e. The number of amides is 1. The van der Waals surface area contributed by atoms with E-state index in [2.05, 4.69) is 15.2 Å². The van der Waals surface area contributed by atoms with Gasteiger partial charge < -0.3 is 15.0 Å². The molecule has 1 saturated heterocycles. The minimum Gasteiger partial charge on any atom is -0.378 e. The second-order valence-corrected chi connectivity index (χ2v) is 8.70. The summed E-state index contributed by atoms with van der Waals surface area (Å²) in [6.07, 6.45) is 3.58. The Morgan fingerprint density at radius 3 is 2.67 bits per heavy atom. The maximum atomic E-state index is 12.7. The van der Waals surface area contributed by atoms with Gasteiger partial charge in [0.05, 0.1) is 18.5 Å². The third-order valence-electron chi connectivity index (χ3n) is 4.86. The summed E-state index contributed by atoms with van der Waals surface area (Å²) in [6.45, 7) is 5.15. The number of hydrogen-bond donors (Lipinski definition) is 1. The van der Waals surface area contributed by atoms with Crippen molar-refractivity contribution < 1.29 is 9.53 Å². The number of halogens is 1. The van der Waals surface area contributed by atoms with Crippen LogP contribution in [0.1, 0.15) is 6.92 Å². The molecule has 1 N–H and O–H groups in total. The van der Waals surface area contributed by atoms with Gasteiger partial charge in [0, 0.05) is 47.6 Å². The molecule has 1 aromatic heterocycles. The molecule has 156 valence electrons. The van der Waals surface area contributed by atoms with Gasteiger partial charge in [-0.05, 0) is 49.4 Å². The van der Waals surface area contributed by atoms with Gasteiger partial charge in [0.2, 0.25) is 5.91 Å². The Bertz CT molecular complexity index is 1000. The van der Waals surface area contributed by atoms with Crippen molar-refractivity contribution in [1.82, 2.24) is 9.55 Å². The van der Waals surface area contributed by atoms with Crippen molar-refractivity contribution in [2.75, 3.05) is 36.5 Å². The molecule has 2 heterocycles. The van der Waals surface area contributed by atoms with Crippen LogP contribution in [0, 0.1) is 0 Å². The molecule has 2 aromatic carbocycles. The van der Waals surface area contributed by atoms with Crippen molar-refractivity contribution in [3.8, 4) is 5.69 Å². The highest BCUT2D eigenvalue weighted by molar-refractivity contribution is 8.00. The number of morpholine rings is 1. The van der Waals surface area contributed by atoms with Crippen LogP contribution in [0.5, 0.6) is 0 Å². The van der Waals surface area contributed by atoms with E-state index in [0.717, 1.165) is 48.5 Å². The topological polar surface area (TPSA) is 59.4 Å². The van der Waals surface area contributed by atoms with E-state index in [1.165, 1.54) is 11.8 Å². The quantitative estimate of drug-likeness (QED) is 0.570. The zero-order chi connectivity index (χ0) is 20.9. The lowest BCUT2D eigenvalue weighted by atomic mass is 10.2. The van der Waals surface area contributed by atoms with Gasteiger partial charge in [-0.15, -0.1) is 0 Å². The van der Waals surface area contributed by atoms with Crippen LogP contribution >= 0.6 is 23.4 Å². The van der Waals surface area contributed by atoms with Crippen molar-refractivity contribution in [2.45, 2.75) is 17.3 Å². The first-order valence-electron chi connectivity index (χ1n) is 9.80. The lowest BCUT2D eigenvalue weighted by Crippen LogP contribution is -2.36. The number of hydrogen-bond acceptors (Lipinski definition) is 5. The van der Waals surface area contributed by atoms with Crippen LogP contribution in [0.3, 0.4) is 0 Å². The van der Waals surface area contributed by atoms with Crippen molar-refractivity contribution in [3.05, 3.63) is 65.9 Å². The normalized spacial score (nSPS) is 15.1. The van der Waals surface area contributed by atoms with Gasteiger partial charge in [-0.2, -0.15) is 0 Å². The Hall–Kier alpha value is -2.48. The standard InChI is InChI=1S/C22H23ClN4O2S/c1-16(30-22-24-9-10-27(22)20-4-2-3-17(23)15-20)21(28)25-18-5-7-19(8-6-18)26-11-13-29-14-12-26/h2-10,15-16H,11-14H2,1H3,(H,25,28)/t16-/m0/s1. The number of imidazole rings is 1. The Morgan fingerprint density at radius 1 is 1.17 bits per heavy atom. The number of rotatable bonds is 6. The van der Waals surface area contributed by atoms with Crippen LogP contribution in [-0.2, 0) is 9.53 Å². The fourth-order valence-corrected chi connectivity index (χ4v) is 4.30. The summed E-state index contributed by atoms with van der Waals surface area (Å²) >= 11 is 7.51. The van der Waals surface area contributed by atoms with Crippen molar-refractivity contribution in [3.63, 3.8) is 0 Å². The fraction of sp³-hybridized carbons (Fsp3) is 0.273. The molecule has 1 atom stereocenters. The van der Waals surface area contributed by atoms with E-state index in [0.29, 0.717) is 5.02 Å². The van der Waals surface area contributed by atoms with Crippen LogP contribution < -0.4 is 10.2 Å². The number of aromatic nitrogens is 2. The number of nitrogens with zero attached hydrogens (tertiary/aromatic N) is 3. The number of benzene rings is 2. The second-order valence-electron chi connectivity index (χ2n) is 6.96. The van der Waals surface area contributed by atoms with Crippen LogP contribution in [-0.4, -0.2) is 47.0 Å². The molecule has 0 unspecified atom stereocenters. The van der Waals surface area contributed by atoms with Gasteiger partial charge in [-0.1, -0.05) is 29.4 Å². The molecule has 1 amide bonds. The lowest BCUT2D eigenvalue weighted by molar-refractivity contribution is -0.115. The summed E-state index contributed by atoms with van der Waals surface area (Å²) in [5.41, 5.74) is 2.83. The molecule has 0 aliphatic carbocycles. The maximum absolute atomic E-state index is 12.7. The van der Waals surface area contributed by atoms with Crippen LogP contribution in [0.4, 0.5) is 11.4 Å². The molecule has 4 rings (SSSR count). The van der Waals surface area contributed by atoms with Gasteiger partial charge in [0.15, 0.2) is 5.16 Å². The average Bonchev–Trinajstić information content (AvgIpc) is 3.23. The molecule has 30 heavy (non-hydrogen) atoms. The minimum absolute atomic E-state index is 0.0697. The molecule has 8 heteroatoms. The molecular weight excluding hydrogens is 420 g/mol. The third kappa shape index (κ3) is 4.98. The van der Waals surface area contributed by atoms with E-state index in [1.807, 2.05) is 66.2 Å². The summed E-state index contributed by atoms with van der Waals surface area (Å²) < 4.78 is 7.32. The number of ether oxygens (including phenoxy) is 1. The molecule has 0 spiro atoms. The van der Waals surface area contributed by atoms with E-state index in [1.54, 1.807) is 6.20 Å². The molecule has 0 saturated carbocycles. The first-order valence-corrected chi connectivity index (χ1v) is 11.1. The predicted octanol–water partition coefficient (Wildman–Crippen LogP) is 4.48. The first-order chi connectivity index (χ1) is 14.6.